The maximum absolute atomic E-state index is 11.7. The minimum atomic E-state index is -0.384. The minimum Gasteiger partial charge on any atom is -0.461 e. The number of carbonyl (C=O) groups excluding carboxylic acids is 1. The van der Waals surface area contributed by atoms with Crippen LogP contribution in [0, 0.1) is 0 Å². The summed E-state index contributed by atoms with van der Waals surface area (Å²) < 4.78 is 6.80. The van der Waals surface area contributed by atoms with Crippen LogP contribution < -0.4 is 0 Å². The van der Waals surface area contributed by atoms with Crippen molar-refractivity contribution in [3.63, 3.8) is 0 Å². The number of esters is 1. The number of nitrogens with zero attached hydrogens (tertiary/aromatic N) is 2. The molecule has 0 fully saturated rings. The fraction of sp³-hybridized carbons (Fsp3) is 0.143. The van der Waals surface area contributed by atoms with Gasteiger partial charge in [-0.1, -0.05) is 24.3 Å². The highest BCUT2D eigenvalue weighted by Crippen LogP contribution is 2.19. The number of ether oxygens (including phenoxy) is 1. The molecule has 0 aliphatic carbocycles. The lowest BCUT2D eigenvalue weighted by atomic mass is 10.2. The number of hydrogen-bond donors (Lipinski definition) is 0. The summed E-state index contributed by atoms with van der Waals surface area (Å²) in [5.41, 5.74) is 1.12. The number of imidazole rings is 1. The fourth-order valence-corrected chi connectivity index (χ4v) is 2.02. The van der Waals surface area contributed by atoms with Crippen molar-refractivity contribution in [1.29, 1.82) is 0 Å². The van der Waals surface area contributed by atoms with Crippen molar-refractivity contribution in [2.24, 2.45) is 0 Å². The van der Waals surface area contributed by atoms with Gasteiger partial charge in [-0.05, 0) is 18.4 Å². The van der Waals surface area contributed by atoms with E-state index >= 15 is 0 Å². The molecule has 2 heterocycles. The summed E-state index contributed by atoms with van der Waals surface area (Å²) >= 11 is 0. The lowest BCUT2D eigenvalue weighted by Crippen LogP contribution is -2.04. The first-order chi connectivity index (χ1) is 8.79. The predicted octanol–water partition coefficient (Wildman–Crippen LogP) is 2.66. The van der Waals surface area contributed by atoms with Crippen LogP contribution in [0.2, 0.25) is 0 Å². The van der Waals surface area contributed by atoms with E-state index in [2.05, 4.69) is 4.98 Å². The van der Waals surface area contributed by atoms with E-state index < -0.39 is 0 Å². The second kappa shape index (κ2) is 4.14. The van der Waals surface area contributed by atoms with Gasteiger partial charge >= 0.3 is 5.97 Å². The monoisotopic (exact) mass is 240 g/mol. The zero-order chi connectivity index (χ0) is 12.5. The molecule has 0 spiro atoms. The number of benzene rings is 1. The molecule has 4 nitrogen and oxygen atoms in total. The number of hydrogen-bond acceptors (Lipinski definition) is 3. The van der Waals surface area contributed by atoms with Crippen LogP contribution in [-0.2, 0) is 4.74 Å². The first-order valence-electron chi connectivity index (χ1n) is 5.83. The van der Waals surface area contributed by atoms with Crippen molar-refractivity contribution >= 4 is 22.4 Å². The molecule has 0 atom stereocenters. The molecule has 1 aromatic carbocycles. The topological polar surface area (TPSA) is 43.6 Å². The fourth-order valence-electron chi connectivity index (χ4n) is 2.02. The molecule has 0 saturated carbocycles. The summed E-state index contributed by atoms with van der Waals surface area (Å²) in [6.07, 6.45) is 3.59. The summed E-state index contributed by atoms with van der Waals surface area (Å²) in [4.78, 5) is 16.0. The molecule has 0 aliphatic rings. The Labute approximate surface area is 104 Å². The zero-order valence-corrected chi connectivity index (χ0v) is 9.96. The Hall–Kier alpha value is -2.36. The van der Waals surface area contributed by atoms with E-state index in [0.29, 0.717) is 12.3 Å². The van der Waals surface area contributed by atoms with Gasteiger partial charge in [0, 0.05) is 17.8 Å². The van der Waals surface area contributed by atoms with E-state index in [0.717, 1.165) is 16.4 Å². The Morgan fingerprint density at radius 3 is 3.00 bits per heavy atom. The van der Waals surface area contributed by atoms with Gasteiger partial charge in [-0.25, -0.2) is 9.78 Å². The number of pyridine rings is 1. The molecule has 4 heteroatoms. The summed E-state index contributed by atoms with van der Waals surface area (Å²) in [5.74, 6) is -0.384. The number of rotatable bonds is 2. The van der Waals surface area contributed by atoms with Crippen LogP contribution in [0.1, 0.15) is 17.4 Å². The molecule has 18 heavy (non-hydrogen) atoms. The molecule has 90 valence electrons. The third-order valence-corrected chi connectivity index (χ3v) is 2.83. The van der Waals surface area contributed by atoms with Crippen molar-refractivity contribution in [2.45, 2.75) is 6.92 Å². The minimum absolute atomic E-state index is 0.341. The Kier molecular flexibility index (Phi) is 2.48. The maximum Gasteiger partial charge on any atom is 0.358 e. The van der Waals surface area contributed by atoms with E-state index in [1.807, 2.05) is 40.9 Å². The number of aromatic nitrogens is 2. The normalized spacial score (nSPS) is 10.9. The summed E-state index contributed by atoms with van der Waals surface area (Å²) in [6, 6.07) is 9.95. The van der Waals surface area contributed by atoms with Crippen LogP contribution in [0.3, 0.4) is 0 Å². The van der Waals surface area contributed by atoms with Crippen LogP contribution in [-0.4, -0.2) is 22.0 Å². The first kappa shape index (κ1) is 10.8. The predicted molar refractivity (Wildman–Crippen MR) is 68.7 cm³/mol. The highest BCUT2D eigenvalue weighted by Gasteiger charge is 2.12. The van der Waals surface area contributed by atoms with Crippen LogP contribution in [0.5, 0.6) is 0 Å². The van der Waals surface area contributed by atoms with Crippen molar-refractivity contribution in [2.75, 3.05) is 6.61 Å². The third kappa shape index (κ3) is 1.62. The highest BCUT2D eigenvalue weighted by atomic mass is 16.5. The van der Waals surface area contributed by atoms with E-state index in [4.69, 9.17) is 4.74 Å². The maximum atomic E-state index is 11.7. The Morgan fingerprint density at radius 1 is 1.33 bits per heavy atom. The summed E-state index contributed by atoms with van der Waals surface area (Å²) in [5, 5.41) is 2.13. The van der Waals surface area contributed by atoms with Crippen LogP contribution in [0.25, 0.3) is 16.4 Å². The van der Waals surface area contributed by atoms with Gasteiger partial charge in [0.1, 0.15) is 5.65 Å². The third-order valence-electron chi connectivity index (χ3n) is 2.83. The first-order valence-corrected chi connectivity index (χ1v) is 5.83. The smallest absolute Gasteiger partial charge is 0.358 e. The molecule has 3 rings (SSSR count). The molecule has 0 saturated heterocycles. The lowest BCUT2D eigenvalue weighted by Gasteiger charge is -1.98. The molecule has 0 radical (unpaired) electrons. The van der Waals surface area contributed by atoms with Gasteiger partial charge in [-0.3, -0.25) is 0 Å². The molecule has 2 aromatic heterocycles. The van der Waals surface area contributed by atoms with Gasteiger partial charge in [-0.15, -0.1) is 0 Å². The zero-order valence-electron chi connectivity index (χ0n) is 9.96. The number of fused-ring (bicyclic) bond motifs is 3. The Balaban J connectivity index is 2.22. The quantitative estimate of drug-likeness (QED) is 0.647. The van der Waals surface area contributed by atoms with Gasteiger partial charge < -0.3 is 9.14 Å². The van der Waals surface area contributed by atoms with Gasteiger partial charge in [0.25, 0.3) is 0 Å². The molecule has 0 amide bonds. The summed E-state index contributed by atoms with van der Waals surface area (Å²) in [7, 11) is 0. The second-order valence-electron chi connectivity index (χ2n) is 3.98. The second-order valence-corrected chi connectivity index (χ2v) is 3.98. The largest absolute Gasteiger partial charge is 0.461 e. The molecule has 3 aromatic rings. The van der Waals surface area contributed by atoms with E-state index in [9.17, 15) is 4.79 Å². The van der Waals surface area contributed by atoms with Crippen LogP contribution in [0.15, 0.2) is 42.7 Å². The van der Waals surface area contributed by atoms with Crippen molar-refractivity contribution in [3.05, 3.63) is 48.4 Å². The standard InChI is InChI=1S/C14H12N2O2/c1-2-18-14(17)12-9-16-8-7-10-5-3-4-6-11(10)13(16)15-12/h3-9H,2H2,1H3. The van der Waals surface area contributed by atoms with Gasteiger partial charge in [-0.2, -0.15) is 0 Å². The molecule has 0 unspecified atom stereocenters. The van der Waals surface area contributed by atoms with Gasteiger partial charge in [0.15, 0.2) is 5.69 Å². The van der Waals surface area contributed by atoms with Crippen LogP contribution >= 0.6 is 0 Å². The summed E-state index contributed by atoms with van der Waals surface area (Å²) in [6.45, 7) is 2.14. The molecular weight excluding hydrogens is 228 g/mol. The van der Waals surface area contributed by atoms with Crippen LogP contribution in [0.4, 0.5) is 0 Å². The van der Waals surface area contributed by atoms with Crippen molar-refractivity contribution < 1.29 is 9.53 Å². The van der Waals surface area contributed by atoms with E-state index in [-0.39, 0.29) is 5.97 Å². The van der Waals surface area contributed by atoms with E-state index in [1.165, 1.54) is 0 Å². The average molecular weight is 240 g/mol. The highest BCUT2D eigenvalue weighted by molar-refractivity contribution is 5.96. The van der Waals surface area contributed by atoms with E-state index in [1.54, 1.807) is 13.1 Å². The molecule has 0 aliphatic heterocycles. The molecule has 0 N–H and O–H groups in total. The molecular formula is C14H12N2O2. The number of carbonyl (C=O) groups is 1. The van der Waals surface area contributed by atoms with Gasteiger partial charge in [0.05, 0.1) is 6.61 Å². The lowest BCUT2D eigenvalue weighted by molar-refractivity contribution is 0.0520. The van der Waals surface area contributed by atoms with Crippen molar-refractivity contribution in [3.8, 4) is 0 Å². The Morgan fingerprint density at radius 2 is 2.17 bits per heavy atom. The Bertz CT molecular complexity index is 731. The SMILES string of the molecule is CCOC(=O)c1cn2ccc3ccccc3c2n1. The molecule has 0 bridgehead atoms. The average Bonchev–Trinajstić information content (AvgIpc) is 2.83. The van der Waals surface area contributed by atoms with Gasteiger partial charge in [0.2, 0.25) is 0 Å². The van der Waals surface area contributed by atoms with Crippen molar-refractivity contribution in [1.82, 2.24) is 9.38 Å².